The summed E-state index contributed by atoms with van der Waals surface area (Å²) in [6.45, 7) is 1.77. The number of nitrogens with two attached hydrogens (primary N) is 1. The highest BCUT2D eigenvalue weighted by Crippen LogP contribution is 2.35. The molecule has 0 spiro atoms. The molecule has 84 valence electrons. The average Bonchev–Trinajstić information content (AvgIpc) is 2.23. The predicted molar refractivity (Wildman–Crippen MR) is 58.6 cm³/mol. The van der Waals surface area contributed by atoms with Gasteiger partial charge in [0.15, 0.2) is 12.4 Å². The molecule has 0 saturated carbocycles. The van der Waals surface area contributed by atoms with Crippen LogP contribution in [0.3, 0.4) is 0 Å². The first-order chi connectivity index (χ1) is 7.50. The fourth-order valence-electron chi connectivity index (χ4n) is 1.70. The van der Waals surface area contributed by atoms with E-state index in [0.29, 0.717) is 17.0 Å². The fourth-order valence-corrected chi connectivity index (χ4v) is 1.70. The lowest BCUT2D eigenvalue weighted by Crippen LogP contribution is -2.36. The average molecular weight is 220 g/mol. The molecule has 0 bridgehead atoms. The summed E-state index contributed by atoms with van der Waals surface area (Å²) in [4.78, 5) is 24.2. The Morgan fingerprint density at radius 2 is 2.19 bits per heavy atom. The van der Waals surface area contributed by atoms with Gasteiger partial charge in [0.1, 0.15) is 0 Å². The van der Waals surface area contributed by atoms with E-state index >= 15 is 0 Å². The third-order valence-electron chi connectivity index (χ3n) is 2.55. The van der Waals surface area contributed by atoms with Gasteiger partial charge in [0, 0.05) is 7.05 Å². The molecule has 0 fully saturated rings. The number of fused-ring (bicyclic) bond motifs is 1. The van der Waals surface area contributed by atoms with Crippen molar-refractivity contribution in [2.24, 2.45) is 5.73 Å². The van der Waals surface area contributed by atoms with Crippen LogP contribution in [0.2, 0.25) is 0 Å². The van der Waals surface area contributed by atoms with Crippen molar-refractivity contribution in [3.63, 3.8) is 0 Å². The summed E-state index contributed by atoms with van der Waals surface area (Å²) >= 11 is 0. The Morgan fingerprint density at radius 3 is 2.81 bits per heavy atom. The van der Waals surface area contributed by atoms with Crippen molar-refractivity contribution in [3.05, 3.63) is 23.3 Å². The molecule has 1 aliphatic heterocycles. The van der Waals surface area contributed by atoms with Gasteiger partial charge in [-0.1, -0.05) is 0 Å². The van der Waals surface area contributed by atoms with Gasteiger partial charge >= 0.3 is 0 Å². The maximum atomic E-state index is 11.4. The Bertz CT molecular complexity index is 482. The van der Waals surface area contributed by atoms with Crippen LogP contribution in [0.5, 0.6) is 5.75 Å². The number of hydrogen-bond acceptors (Lipinski definition) is 3. The lowest BCUT2D eigenvalue weighted by molar-refractivity contribution is -0.121. The van der Waals surface area contributed by atoms with Crippen molar-refractivity contribution in [2.45, 2.75) is 6.92 Å². The van der Waals surface area contributed by atoms with Crippen LogP contribution in [0.1, 0.15) is 15.9 Å². The summed E-state index contributed by atoms with van der Waals surface area (Å²) in [5.74, 6) is -0.309. The number of aryl methyl sites for hydroxylation is 1. The van der Waals surface area contributed by atoms with Crippen LogP contribution in [-0.2, 0) is 4.79 Å². The van der Waals surface area contributed by atoms with Crippen LogP contribution in [0, 0.1) is 6.92 Å². The van der Waals surface area contributed by atoms with Crippen LogP contribution < -0.4 is 15.4 Å². The van der Waals surface area contributed by atoms with Gasteiger partial charge in [-0.05, 0) is 24.6 Å². The zero-order valence-corrected chi connectivity index (χ0v) is 9.11. The Labute approximate surface area is 92.8 Å². The summed E-state index contributed by atoms with van der Waals surface area (Å²) in [6.07, 6.45) is 0. The molecule has 16 heavy (non-hydrogen) atoms. The van der Waals surface area contributed by atoms with E-state index in [2.05, 4.69) is 0 Å². The molecule has 2 N–H and O–H groups in total. The summed E-state index contributed by atoms with van der Waals surface area (Å²) in [5, 5.41) is 0. The van der Waals surface area contributed by atoms with Crippen LogP contribution >= 0.6 is 0 Å². The van der Waals surface area contributed by atoms with Crippen LogP contribution in [0.25, 0.3) is 0 Å². The van der Waals surface area contributed by atoms with E-state index in [1.54, 1.807) is 19.2 Å². The molecular formula is C11H12N2O3. The smallest absolute Gasteiger partial charge is 0.264 e. The Hall–Kier alpha value is -2.04. The number of carbonyl (C=O) groups is 2. The number of likely N-dealkylation sites (N-methyl/N-ethyl adjacent to an activating group) is 1. The second-order valence-corrected chi connectivity index (χ2v) is 3.77. The quantitative estimate of drug-likeness (QED) is 0.746. The molecule has 0 unspecified atom stereocenters. The van der Waals surface area contributed by atoms with Crippen molar-refractivity contribution < 1.29 is 14.3 Å². The van der Waals surface area contributed by atoms with Gasteiger partial charge < -0.3 is 15.4 Å². The third kappa shape index (κ3) is 1.50. The summed E-state index contributed by atoms with van der Waals surface area (Å²) in [7, 11) is 1.65. The van der Waals surface area contributed by atoms with Gasteiger partial charge in [0.05, 0.1) is 11.3 Å². The number of ether oxygens (including phenoxy) is 1. The number of nitrogens with zero attached hydrogens (tertiary/aromatic N) is 1. The normalized spacial score (nSPS) is 14.4. The van der Waals surface area contributed by atoms with E-state index in [1.165, 1.54) is 4.90 Å². The minimum absolute atomic E-state index is 0.0627. The zero-order valence-electron chi connectivity index (χ0n) is 9.11. The summed E-state index contributed by atoms with van der Waals surface area (Å²) < 4.78 is 5.26. The standard InChI is InChI=1S/C11H12N2O3/c1-6-3-7(11(12)15)10-8(4-6)13(2)9(14)5-16-10/h3-4H,5H2,1-2H3,(H2,12,15). The van der Waals surface area contributed by atoms with Gasteiger partial charge in [0.2, 0.25) is 0 Å². The molecule has 1 heterocycles. The van der Waals surface area contributed by atoms with E-state index in [9.17, 15) is 9.59 Å². The number of benzene rings is 1. The Kier molecular flexibility index (Phi) is 2.30. The van der Waals surface area contributed by atoms with Crippen molar-refractivity contribution >= 4 is 17.5 Å². The molecule has 0 radical (unpaired) electrons. The van der Waals surface area contributed by atoms with Gasteiger partial charge in [-0.15, -0.1) is 0 Å². The number of primary amides is 1. The molecule has 2 amide bonds. The molecule has 5 heteroatoms. The van der Waals surface area contributed by atoms with E-state index < -0.39 is 5.91 Å². The maximum absolute atomic E-state index is 11.4. The fraction of sp³-hybridized carbons (Fsp3) is 0.273. The van der Waals surface area contributed by atoms with Gasteiger partial charge in [-0.25, -0.2) is 0 Å². The first-order valence-electron chi connectivity index (χ1n) is 4.84. The lowest BCUT2D eigenvalue weighted by atomic mass is 10.1. The van der Waals surface area contributed by atoms with Crippen molar-refractivity contribution in [2.75, 3.05) is 18.6 Å². The Morgan fingerprint density at radius 1 is 1.50 bits per heavy atom. The maximum Gasteiger partial charge on any atom is 0.264 e. The Balaban J connectivity index is 2.65. The summed E-state index contributed by atoms with van der Waals surface area (Å²) in [6, 6.07) is 3.45. The topological polar surface area (TPSA) is 72.6 Å². The number of anilines is 1. The highest BCUT2D eigenvalue weighted by Gasteiger charge is 2.26. The number of rotatable bonds is 1. The molecule has 0 saturated heterocycles. The molecule has 2 rings (SSSR count). The van der Waals surface area contributed by atoms with Crippen LogP contribution in [-0.4, -0.2) is 25.5 Å². The van der Waals surface area contributed by atoms with Crippen molar-refractivity contribution in [1.82, 2.24) is 0 Å². The number of carbonyl (C=O) groups excluding carboxylic acids is 2. The minimum Gasteiger partial charge on any atom is -0.481 e. The molecule has 1 aromatic carbocycles. The molecule has 0 aromatic heterocycles. The molecular weight excluding hydrogens is 208 g/mol. The molecule has 5 nitrogen and oxygen atoms in total. The first kappa shape index (κ1) is 10.5. The van der Waals surface area contributed by atoms with Crippen molar-refractivity contribution in [1.29, 1.82) is 0 Å². The lowest BCUT2D eigenvalue weighted by Gasteiger charge is -2.27. The van der Waals surface area contributed by atoms with Gasteiger partial charge in [-0.3, -0.25) is 9.59 Å². The molecule has 1 aliphatic rings. The highest BCUT2D eigenvalue weighted by atomic mass is 16.5. The zero-order chi connectivity index (χ0) is 11.9. The predicted octanol–water partition coefficient (Wildman–Crippen LogP) is 0.449. The first-order valence-corrected chi connectivity index (χ1v) is 4.84. The van der Waals surface area contributed by atoms with Crippen LogP contribution in [0.4, 0.5) is 5.69 Å². The molecule has 0 atom stereocenters. The number of hydrogen-bond donors (Lipinski definition) is 1. The van der Waals surface area contributed by atoms with E-state index in [1.807, 2.05) is 6.92 Å². The van der Waals surface area contributed by atoms with Gasteiger partial charge in [0.25, 0.3) is 11.8 Å². The molecule has 1 aromatic rings. The third-order valence-corrected chi connectivity index (χ3v) is 2.55. The van der Waals surface area contributed by atoms with Gasteiger partial charge in [-0.2, -0.15) is 0 Å². The SMILES string of the molecule is Cc1cc(C(N)=O)c2c(c1)N(C)C(=O)CO2. The van der Waals surface area contributed by atoms with E-state index in [-0.39, 0.29) is 12.5 Å². The monoisotopic (exact) mass is 220 g/mol. The van der Waals surface area contributed by atoms with Crippen molar-refractivity contribution in [3.8, 4) is 5.75 Å². The molecule has 0 aliphatic carbocycles. The van der Waals surface area contributed by atoms with Crippen LogP contribution in [0.15, 0.2) is 12.1 Å². The number of amides is 2. The largest absolute Gasteiger partial charge is 0.481 e. The second-order valence-electron chi connectivity index (χ2n) is 3.77. The van der Waals surface area contributed by atoms with E-state index in [4.69, 9.17) is 10.5 Å². The summed E-state index contributed by atoms with van der Waals surface area (Å²) in [5.41, 5.74) is 7.03. The second kappa shape index (κ2) is 3.52. The van der Waals surface area contributed by atoms with E-state index in [0.717, 1.165) is 5.56 Å². The highest BCUT2D eigenvalue weighted by molar-refractivity contribution is 6.03. The minimum atomic E-state index is -0.553.